The summed E-state index contributed by atoms with van der Waals surface area (Å²) in [5.74, 6) is -1.83. The monoisotopic (exact) mass is 383 g/mol. The van der Waals surface area contributed by atoms with E-state index in [4.69, 9.17) is 0 Å². The molecule has 3 rings (SSSR count). The van der Waals surface area contributed by atoms with Crippen molar-refractivity contribution >= 4 is 16.7 Å². The fourth-order valence-electron chi connectivity index (χ4n) is 2.06. The van der Waals surface area contributed by atoms with Crippen molar-refractivity contribution in [2.75, 3.05) is 10.6 Å². The van der Waals surface area contributed by atoms with Crippen LogP contribution < -0.4 is 4.31 Å². The van der Waals surface area contributed by atoms with Gasteiger partial charge in [0.25, 0.3) is 5.89 Å². The summed E-state index contributed by atoms with van der Waals surface area (Å²) in [4.78, 5) is 8.13. The lowest BCUT2D eigenvalue weighted by molar-refractivity contribution is -0.156. The number of para-hydroxylation sites is 1. The highest BCUT2D eigenvalue weighted by Crippen LogP contribution is 2.29. The van der Waals surface area contributed by atoms with E-state index in [1.807, 2.05) is 18.2 Å². The number of benzene rings is 1. The van der Waals surface area contributed by atoms with E-state index in [1.165, 1.54) is 18.6 Å². The first-order chi connectivity index (χ1) is 12.3. The Morgan fingerprint density at radius 3 is 2.38 bits per heavy atom. The van der Waals surface area contributed by atoms with Crippen molar-refractivity contribution in [3.05, 3.63) is 54.3 Å². The maximum absolute atomic E-state index is 12.5. The molecule has 0 saturated heterocycles. The van der Waals surface area contributed by atoms with E-state index < -0.39 is 23.1 Å². The van der Waals surface area contributed by atoms with Gasteiger partial charge in [-0.3, -0.25) is 9.29 Å². The number of hydrogen-bond acceptors (Lipinski definition) is 6. The van der Waals surface area contributed by atoms with Crippen molar-refractivity contribution in [2.24, 2.45) is 0 Å². The Bertz CT molecular complexity index is 900. The number of alkyl halides is 3. The molecule has 2 aromatic heterocycles. The van der Waals surface area contributed by atoms with Gasteiger partial charge < -0.3 is 4.42 Å². The van der Waals surface area contributed by atoms with Gasteiger partial charge in [-0.25, -0.2) is 9.19 Å². The summed E-state index contributed by atoms with van der Waals surface area (Å²) in [5.41, 5.74) is 1.23. The van der Waals surface area contributed by atoms with Crippen LogP contribution in [0.15, 0.2) is 47.1 Å². The van der Waals surface area contributed by atoms with E-state index >= 15 is 0 Å². The molecule has 136 valence electrons. The molecule has 26 heavy (non-hydrogen) atoms. The second-order valence-electron chi connectivity index (χ2n) is 5.10. The quantitative estimate of drug-likeness (QED) is 0.674. The predicted molar refractivity (Wildman–Crippen MR) is 87.0 cm³/mol. The Labute approximate surface area is 148 Å². The summed E-state index contributed by atoms with van der Waals surface area (Å²) < 4.78 is 55.6. The summed E-state index contributed by atoms with van der Waals surface area (Å²) in [6.45, 7) is 0.206. The summed E-state index contributed by atoms with van der Waals surface area (Å²) >= 11 is 0. The van der Waals surface area contributed by atoms with Crippen LogP contribution >= 0.6 is 0 Å². The molecule has 0 saturated carbocycles. The number of aromatic nitrogens is 4. The largest absolute Gasteiger partial charge is 0.470 e. The topological polar surface area (TPSA) is 85.0 Å². The highest BCUT2D eigenvalue weighted by atomic mass is 32.2. The molecule has 1 unspecified atom stereocenters. The van der Waals surface area contributed by atoms with E-state index in [-0.39, 0.29) is 18.1 Å². The van der Waals surface area contributed by atoms with Crippen molar-refractivity contribution in [3.63, 3.8) is 0 Å². The van der Waals surface area contributed by atoms with Gasteiger partial charge in [-0.05, 0) is 12.1 Å². The van der Waals surface area contributed by atoms with E-state index in [0.29, 0.717) is 5.69 Å². The van der Waals surface area contributed by atoms with Gasteiger partial charge in [-0.15, -0.1) is 10.2 Å². The van der Waals surface area contributed by atoms with Crippen LogP contribution in [0.3, 0.4) is 0 Å². The first-order valence-electron chi connectivity index (χ1n) is 7.22. The molecule has 7 nitrogen and oxygen atoms in total. The Hall–Kier alpha value is -2.82. The minimum absolute atomic E-state index is 0.0145. The van der Waals surface area contributed by atoms with Gasteiger partial charge in [-0.2, -0.15) is 13.2 Å². The first-order valence-corrected chi connectivity index (χ1v) is 8.74. The van der Waals surface area contributed by atoms with Gasteiger partial charge in [0, 0.05) is 11.9 Å². The van der Waals surface area contributed by atoms with Crippen LogP contribution in [0.1, 0.15) is 11.6 Å². The molecule has 0 aliphatic rings. The molecular formula is C15H12F3N5O2S. The van der Waals surface area contributed by atoms with Crippen molar-refractivity contribution in [3.8, 4) is 11.6 Å². The van der Waals surface area contributed by atoms with Gasteiger partial charge in [-0.1, -0.05) is 18.2 Å². The molecule has 0 aliphatic carbocycles. The average Bonchev–Trinajstić information content (AvgIpc) is 3.11. The SMILES string of the molecule is CS(=O)N(Cc1cnc(-c2nnc(C(F)(F)F)o2)cn1)c1ccccc1. The van der Waals surface area contributed by atoms with Crippen molar-refractivity contribution in [2.45, 2.75) is 12.7 Å². The number of anilines is 1. The van der Waals surface area contributed by atoms with Crippen LogP contribution in [0.4, 0.5) is 18.9 Å². The average molecular weight is 383 g/mol. The van der Waals surface area contributed by atoms with Gasteiger partial charge in [0.05, 0.1) is 24.6 Å². The standard InChI is InChI=1S/C15H12F3N5O2S/c1-26(24)23(11-5-3-2-4-6-11)9-10-7-20-12(8-19-10)13-21-22-14(25-13)15(16,17)18/h2-8H,9H2,1H3. The lowest BCUT2D eigenvalue weighted by Gasteiger charge is -2.20. The molecule has 0 fully saturated rings. The van der Waals surface area contributed by atoms with E-state index in [1.54, 1.807) is 16.4 Å². The third kappa shape index (κ3) is 4.04. The third-order valence-electron chi connectivity index (χ3n) is 3.25. The Morgan fingerprint density at radius 2 is 1.85 bits per heavy atom. The number of nitrogens with zero attached hydrogens (tertiary/aromatic N) is 5. The Balaban J connectivity index is 1.79. The summed E-state index contributed by atoms with van der Waals surface area (Å²) in [7, 11) is -1.30. The van der Waals surface area contributed by atoms with Crippen LogP contribution in [0.5, 0.6) is 0 Å². The first kappa shape index (κ1) is 18.0. The second kappa shape index (κ2) is 7.20. The molecule has 0 aliphatic heterocycles. The number of halogens is 3. The molecule has 0 bridgehead atoms. The van der Waals surface area contributed by atoms with Gasteiger partial charge >= 0.3 is 12.1 Å². The lowest BCUT2D eigenvalue weighted by atomic mass is 10.3. The van der Waals surface area contributed by atoms with Crippen LogP contribution in [-0.2, 0) is 23.7 Å². The van der Waals surface area contributed by atoms with Crippen molar-refractivity contribution < 1.29 is 21.8 Å². The van der Waals surface area contributed by atoms with Gasteiger partial charge in [0.2, 0.25) is 0 Å². The van der Waals surface area contributed by atoms with Gasteiger partial charge in [0.15, 0.2) is 0 Å². The van der Waals surface area contributed by atoms with Crippen LogP contribution in [0, 0.1) is 0 Å². The van der Waals surface area contributed by atoms with E-state index in [9.17, 15) is 17.4 Å². The minimum Gasteiger partial charge on any atom is -0.411 e. The maximum atomic E-state index is 12.5. The highest BCUT2D eigenvalue weighted by molar-refractivity contribution is 7.85. The van der Waals surface area contributed by atoms with E-state index in [0.717, 1.165) is 5.69 Å². The molecule has 0 radical (unpaired) electrons. The van der Waals surface area contributed by atoms with E-state index in [2.05, 4.69) is 24.6 Å². The van der Waals surface area contributed by atoms with Crippen LogP contribution in [-0.4, -0.2) is 30.6 Å². The summed E-state index contributed by atoms with van der Waals surface area (Å²) in [6.07, 6.45) is -0.605. The fourth-order valence-corrected chi connectivity index (χ4v) is 2.79. The lowest BCUT2D eigenvalue weighted by Crippen LogP contribution is -2.24. The highest BCUT2D eigenvalue weighted by Gasteiger charge is 2.38. The minimum atomic E-state index is -4.72. The molecule has 2 heterocycles. The Morgan fingerprint density at radius 1 is 1.12 bits per heavy atom. The van der Waals surface area contributed by atoms with Gasteiger partial charge in [0.1, 0.15) is 16.7 Å². The third-order valence-corrected chi connectivity index (χ3v) is 4.21. The molecule has 0 spiro atoms. The summed E-state index contributed by atoms with van der Waals surface area (Å²) in [6, 6.07) is 9.09. The number of hydrogen-bond donors (Lipinski definition) is 0. The van der Waals surface area contributed by atoms with Crippen molar-refractivity contribution in [1.29, 1.82) is 0 Å². The summed E-state index contributed by atoms with van der Waals surface area (Å²) in [5, 5.41) is 6.26. The molecule has 1 atom stereocenters. The zero-order chi connectivity index (χ0) is 18.7. The molecule has 3 aromatic rings. The predicted octanol–water partition coefficient (Wildman–Crippen LogP) is 2.85. The Kier molecular flexibility index (Phi) is 4.98. The molecule has 11 heteroatoms. The molecule has 0 amide bonds. The normalized spacial score (nSPS) is 12.8. The zero-order valence-corrected chi connectivity index (χ0v) is 14.2. The van der Waals surface area contributed by atoms with Crippen LogP contribution in [0.25, 0.3) is 11.6 Å². The zero-order valence-electron chi connectivity index (χ0n) is 13.3. The van der Waals surface area contributed by atoms with Crippen LogP contribution in [0.2, 0.25) is 0 Å². The smallest absolute Gasteiger partial charge is 0.411 e. The molecule has 1 aromatic carbocycles. The second-order valence-corrected chi connectivity index (χ2v) is 6.39. The number of rotatable bonds is 5. The molecular weight excluding hydrogens is 371 g/mol. The maximum Gasteiger partial charge on any atom is 0.470 e. The van der Waals surface area contributed by atoms with Crippen molar-refractivity contribution in [1.82, 2.24) is 20.2 Å². The fraction of sp³-hybridized carbons (Fsp3) is 0.200. The molecule has 0 N–H and O–H groups in total.